The van der Waals surface area contributed by atoms with Crippen molar-refractivity contribution < 1.29 is 19.1 Å². The molecule has 0 aliphatic rings. The molecule has 0 radical (unpaired) electrons. The van der Waals surface area contributed by atoms with Gasteiger partial charge >= 0.3 is 5.97 Å². The highest BCUT2D eigenvalue weighted by Crippen LogP contribution is 2.13. The van der Waals surface area contributed by atoms with Crippen LogP contribution in [0, 0.1) is 5.92 Å². The highest BCUT2D eigenvalue weighted by Gasteiger charge is 2.24. The Bertz CT molecular complexity index is 471. The third-order valence-electron chi connectivity index (χ3n) is 2.94. The van der Waals surface area contributed by atoms with E-state index in [0.717, 1.165) is 5.56 Å². The molecule has 0 aliphatic carbocycles. The van der Waals surface area contributed by atoms with Gasteiger partial charge in [0.05, 0.1) is 20.6 Å². The van der Waals surface area contributed by atoms with Gasteiger partial charge in [-0.15, -0.1) is 0 Å². The minimum absolute atomic E-state index is 0.0308. The van der Waals surface area contributed by atoms with E-state index in [2.05, 4.69) is 10.1 Å². The maximum atomic E-state index is 12.0. The maximum Gasteiger partial charge on any atom is 0.328 e. The lowest BCUT2D eigenvalue weighted by atomic mass is 10.0. The number of nitrogens with one attached hydrogen (secondary N) is 1. The zero-order valence-corrected chi connectivity index (χ0v) is 12.3. The third kappa shape index (κ3) is 4.57. The predicted molar refractivity (Wildman–Crippen MR) is 75.5 cm³/mol. The second-order valence-electron chi connectivity index (χ2n) is 4.84. The van der Waals surface area contributed by atoms with Gasteiger partial charge in [-0.25, -0.2) is 4.79 Å². The third-order valence-corrected chi connectivity index (χ3v) is 2.94. The summed E-state index contributed by atoms with van der Waals surface area (Å²) < 4.78 is 9.79. The van der Waals surface area contributed by atoms with Gasteiger partial charge in [-0.05, 0) is 23.6 Å². The monoisotopic (exact) mass is 279 g/mol. The lowest BCUT2D eigenvalue weighted by Gasteiger charge is -2.19. The van der Waals surface area contributed by atoms with E-state index < -0.39 is 12.0 Å². The van der Waals surface area contributed by atoms with E-state index in [1.807, 2.05) is 32.0 Å². The largest absolute Gasteiger partial charge is 0.497 e. The second kappa shape index (κ2) is 7.53. The average molecular weight is 279 g/mol. The minimum Gasteiger partial charge on any atom is -0.497 e. The van der Waals surface area contributed by atoms with Crippen LogP contribution in [0.15, 0.2) is 24.3 Å². The van der Waals surface area contributed by atoms with E-state index in [0.29, 0.717) is 5.75 Å². The standard InChI is InChI=1S/C15H21NO4/c1-10(2)14(15(18)20-4)16-13(17)9-11-6-5-7-12(8-11)19-3/h5-8,10,14H,9H2,1-4H3,(H,16,17). The van der Waals surface area contributed by atoms with Gasteiger partial charge in [0.1, 0.15) is 11.8 Å². The molecule has 0 saturated heterocycles. The Labute approximate surface area is 119 Å². The molecule has 0 bridgehead atoms. The first-order valence-electron chi connectivity index (χ1n) is 6.48. The number of carbonyl (C=O) groups is 2. The van der Waals surface area contributed by atoms with Crippen LogP contribution in [-0.2, 0) is 20.7 Å². The number of methoxy groups -OCH3 is 2. The average Bonchev–Trinajstić information content (AvgIpc) is 2.43. The van der Waals surface area contributed by atoms with E-state index in [1.54, 1.807) is 13.2 Å². The number of benzene rings is 1. The van der Waals surface area contributed by atoms with Gasteiger partial charge in [0.2, 0.25) is 5.91 Å². The summed E-state index contributed by atoms with van der Waals surface area (Å²) in [7, 11) is 2.89. The number of hydrogen-bond donors (Lipinski definition) is 1. The zero-order chi connectivity index (χ0) is 15.1. The molecule has 0 spiro atoms. The lowest BCUT2D eigenvalue weighted by molar-refractivity contribution is -0.146. The fraction of sp³-hybridized carbons (Fsp3) is 0.467. The van der Waals surface area contributed by atoms with Crippen LogP contribution in [0.2, 0.25) is 0 Å². The molecule has 1 rings (SSSR count). The summed E-state index contributed by atoms with van der Waals surface area (Å²) in [6, 6.07) is 6.64. The molecule has 1 N–H and O–H groups in total. The smallest absolute Gasteiger partial charge is 0.328 e. The van der Waals surface area contributed by atoms with Gasteiger partial charge in [0, 0.05) is 0 Å². The molecule has 1 aromatic rings. The quantitative estimate of drug-likeness (QED) is 0.802. The Morgan fingerprint density at radius 2 is 1.95 bits per heavy atom. The molecule has 1 aromatic carbocycles. The number of ether oxygens (including phenoxy) is 2. The zero-order valence-electron chi connectivity index (χ0n) is 12.3. The molecule has 1 amide bonds. The Morgan fingerprint density at radius 3 is 2.50 bits per heavy atom. The molecule has 0 heterocycles. The molecule has 0 saturated carbocycles. The Morgan fingerprint density at radius 1 is 1.25 bits per heavy atom. The Balaban J connectivity index is 2.68. The first-order chi connectivity index (χ1) is 9.47. The van der Waals surface area contributed by atoms with E-state index >= 15 is 0 Å². The predicted octanol–water partition coefficient (Wildman–Crippen LogP) is 1.55. The molecule has 1 atom stereocenters. The van der Waals surface area contributed by atoms with Crippen molar-refractivity contribution in [2.45, 2.75) is 26.3 Å². The molecule has 110 valence electrons. The Hall–Kier alpha value is -2.04. The second-order valence-corrected chi connectivity index (χ2v) is 4.84. The molecule has 0 aromatic heterocycles. The van der Waals surface area contributed by atoms with Gasteiger partial charge < -0.3 is 14.8 Å². The van der Waals surface area contributed by atoms with Crippen LogP contribution >= 0.6 is 0 Å². The molecular weight excluding hydrogens is 258 g/mol. The Kier molecular flexibility index (Phi) is 6.03. The highest BCUT2D eigenvalue weighted by molar-refractivity contribution is 5.85. The van der Waals surface area contributed by atoms with Gasteiger partial charge in [0.25, 0.3) is 0 Å². The van der Waals surface area contributed by atoms with E-state index in [4.69, 9.17) is 4.74 Å². The number of carbonyl (C=O) groups excluding carboxylic acids is 2. The molecular formula is C15H21NO4. The molecule has 5 nitrogen and oxygen atoms in total. The van der Waals surface area contributed by atoms with Crippen molar-refractivity contribution in [2.75, 3.05) is 14.2 Å². The SMILES string of the molecule is COC(=O)C(NC(=O)Cc1cccc(OC)c1)C(C)C. The molecule has 0 fully saturated rings. The minimum atomic E-state index is -0.627. The van der Waals surface area contributed by atoms with Crippen molar-refractivity contribution in [3.8, 4) is 5.75 Å². The van der Waals surface area contributed by atoms with Crippen molar-refractivity contribution in [1.82, 2.24) is 5.32 Å². The van der Waals surface area contributed by atoms with Crippen molar-refractivity contribution in [2.24, 2.45) is 5.92 Å². The molecule has 1 unspecified atom stereocenters. The molecule has 0 aliphatic heterocycles. The van der Waals surface area contributed by atoms with Gasteiger partial charge in [0.15, 0.2) is 0 Å². The fourth-order valence-electron chi connectivity index (χ4n) is 1.82. The van der Waals surface area contributed by atoms with Crippen LogP contribution in [0.4, 0.5) is 0 Å². The summed E-state index contributed by atoms with van der Waals surface area (Å²) in [5.41, 5.74) is 0.828. The van der Waals surface area contributed by atoms with Crippen LogP contribution in [0.5, 0.6) is 5.75 Å². The van der Waals surface area contributed by atoms with Crippen LogP contribution in [0.1, 0.15) is 19.4 Å². The normalized spacial score (nSPS) is 11.8. The van der Waals surface area contributed by atoms with Crippen LogP contribution < -0.4 is 10.1 Å². The van der Waals surface area contributed by atoms with E-state index in [9.17, 15) is 9.59 Å². The number of amides is 1. The fourth-order valence-corrected chi connectivity index (χ4v) is 1.82. The number of hydrogen-bond acceptors (Lipinski definition) is 4. The summed E-state index contributed by atoms with van der Waals surface area (Å²) in [5, 5.41) is 2.70. The summed E-state index contributed by atoms with van der Waals surface area (Å²) in [5.74, 6) is 0.0155. The van der Waals surface area contributed by atoms with Crippen molar-refractivity contribution in [1.29, 1.82) is 0 Å². The van der Waals surface area contributed by atoms with Crippen molar-refractivity contribution in [3.05, 3.63) is 29.8 Å². The first kappa shape index (κ1) is 16.0. The number of esters is 1. The molecule has 5 heteroatoms. The molecule has 20 heavy (non-hydrogen) atoms. The van der Waals surface area contributed by atoms with Gasteiger partial charge in [-0.1, -0.05) is 26.0 Å². The van der Waals surface area contributed by atoms with Crippen LogP contribution in [0.25, 0.3) is 0 Å². The van der Waals surface area contributed by atoms with Gasteiger partial charge in [-0.2, -0.15) is 0 Å². The van der Waals surface area contributed by atoms with Crippen LogP contribution in [-0.4, -0.2) is 32.1 Å². The van der Waals surface area contributed by atoms with E-state index in [1.165, 1.54) is 7.11 Å². The maximum absolute atomic E-state index is 12.0. The summed E-state index contributed by atoms with van der Waals surface area (Å²) in [6.45, 7) is 3.71. The summed E-state index contributed by atoms with van der Waals surface area (Å²) >= 11 is 0. The summed E-state index contributed by atoms with van der Waals surface area (Å²) in [6.07, 6.45) is 0.192. The highest BCUT2D eigenvalue weighted by atomic mass is 16.5. The number of rotatable bonds is 6. The first-order valence-corrected chi connectivity index (χ1v) is 6.48. The topological polar surface area (TPSA) is 64.6 Å². The van der Waals surface area contributed by atoms with E-state index in [-0.39, 0.29) is 18.2 Å². The van der Waals surface area contributed by atoms with Gasteiger partial charge in [-0.3, -0.25) is 4.79 Å². The summed E-state index contributed by atoms with van der Waals surface area (Å²) in [4.78, 5) is 23.6. The lowest BCUT2D eigenvalue weighted by Crippen LogP contribution is -2.45. The van der Waals surface area contributed by atoms with Crippen molar-refractivity contribution >= 4 is 11.9 Å². The van der Waals surface area contributed by atoms with Crippen LogP contribution in [0.3, 0.4) is 0 Å². The van der Waals surface area contributed by atoms with Crippen molar-refractivity contribution in [3.63, 3.8) is 0 Å².